The third-order valence-electron chi connectivity index (χ3n) is 7.90. The first-order valence-electron chi connectivity index (χ1n) is 13.5. The highest BCUT2D eigenvalue weighted by atomic mass is 35.5. The Labute approximate surface area is 237 Å². The highest BCUT2D eigenvalue weighted by Gasteiger charge is 2.34. The van der Waals surface area contributed by atoms with E-state index in [0.717, 1.165) is 26.2 Å². The molecule has 2 fully saturated rings. The number of carbonyl (C=O) groups is 1. The molecule has 0 spiro atoms. The molecule has 0 saturated carbocycles. The fourth-order valence-corrected chi connectivity index (χ4v) is 5.74. The van der Waals surface area contributed by atoms with Crippen molar-refractivity contribution in [3.63, 3.8) is 0 Å². The number of pyridine rings is 1. The summed E-state index contributed by atoms with van der Waals surface area (Å²) in [6.45, 7) is 15.0. The van der Waals surface area contributed by atoms with Gasteiger partial charge in [0, 0.05) is 51.0 Å². The summed E-state index contributed by atoms with van der Waals surface area (Å²) >= 11 is 6.20. The first-order chi connectivity index (χ1) is 19.2. The Morgan fingerprint density at radius 1 is 1.18 bits per heavy atom. The van der Waals surface area contributed by atoms with Crippen molar-refractivity contribution in [2.24, 2.45) is 0 Å². The van der Waals surface area contributed by atoms with Crippen LogP contribution in [0, 0.1) is 12.7 Å². The summed E-state index contributed by atoms with van der Waals surface area (Å²) in [7, 11) is 0. The fraction of sp³-hybridized carbons (Fsp3) is 0.429. The van der Waals surface area contributed by atoms with Gasteiger partial charge in [0.15, 0.2) is 0 Å². The van der Waals surface area contributed by atoms with Crippen molar-refractivity contribution in [2.45, 2.75) is 26.8 Å². The highest BCUT2D eigenvalue weighted by molar-refractivity contribution is 6.33. The van der Waals surface area contributed by atoms with Crippen LogP contribution < -0.4 is 21.1 Å². The zero-order valence-electron chi connectivity index (χ0n) is 23.0. The van der Waals surface area contributed by atoms with E-state index in [4.69, 9.17) is 27.3 Å². The van der Waals surface area contributed by atoms with Crippen LogP contribution in [0.1, 0.15) is 19.5 Å². The standard InChI is InChI=1S/C28H34ClFN8O2/c1-5-22(39)35-10-12-36(13-11-35)26-19-14-17(4)38(25-21(30)9-8-20(29)23(25)31)27(40)24(19)32-28(33-26)37-15-18(16-37)34(6-2)7-3/h5,8-9,14,18H,1,6-7,10-13,15-16,31H2,2-4H3. The van der Waals surface area contributed by atoms with Crippen molar-refractivity contribution in [1.29, 1.82) is 0 Å². The van der Waals surface area contributed by atoms with Crippen LogP contribution in [0.2, 0.25) is 5.02 Å². The molecular formula is C28H34ClFN8O2. The summed E-state index contributed by atoms with van der Waals surface area (Å²) in [5, 5.41) is 0.717. The number of hydrogen-bond donors (Lipinski definition) is 1. The molecule has 5 rings (SSSR count). The van der Waals surface area contributed by atoms with E-state index >= 15 is 4.39 Å². The SMILES string of the molecule is C=CC(=O)N1CCN(c2nc(N3CC(N(CC)CC)C3)nc3c(=O)n(-c4c(F)ccc(Cl)c4N)c(C)cc23)CC1. The van der Waals surface area contributed by atoms with Gasteiger partial charge in [-0.1, -0.05) is 32.0 Å². The summed E-state index contributed by atoms with van der Waals surface area (Å²) in [6, 6.07) is 4.72. The lowest BCUT2D eigenvalue weighted by molar-refractivity contribution is -0.126. The van der Waals surface area contributed by atoms with E-state index in [-0.39, 0.29) is 27.8 Å². The van der Waals surface area contributed by atoms with Crippen LogP contribution in [0.5, 0.6) is 0 Å². The minimum Gasteiger partial charge on any atom is -0.396 e. The average molecular weight is 569 g/mol. The second-order valence-electron chi connectivity index (χ2n) is 10.1. The molecule has 2 aliphatic rings. The number of hydrogen-bond acceptors (Lipinski definition) is 8. The molecule has 40 heavy (non-hydrogen) atoms. The van der Waals surface area contributed by atoms with E-state index in [1.807, 2.05) is 0 Å². The van der Waals surface area contributed by atoms with Gasteiger partial charge < -0.3 is 20.4 Å². The fourth-order valence-electron chi connectivity index (χ4n) is 5.58. The molecule has 12 heteroatoms. The topological polar surface area (TPSA) is 104 Å². The van der Waals surface area contributed by atoms with Crippen LogP contribution in [-0.2, 0) is 4.79 Å². The molecule has 1 aromatic carbocycles. The van der Waals surface area contributed by atoms with Gasteiger partial charge in [-0.25, -0.2) is 9.37 Å². The summed E-state index contributed by atoms with van der Waals surface area (Å²) in [6.07, 6.45) is 1.32. The Morgan fingerprint density at radius 2 is 1.85 bits per heavy atom. The number of nitrogens with two attached hydrogens (primary N) is 1. The van der Waals surface area contributed by atoms with Gasteiger partial charge in [-0.05, 0) is 44.3 Å². The number of aromatic nitrogens is 3. The quantitative estimate of drug-likeness (QED) is 0.343. The van der Waals surface area contributed by atoms with Crippen molar-refractivity contribution < 1.29 is 9.18 Å². The van der Waals surface area contributed by atoms with Gasteiger partial charge in [0.05, 0.1) is 16.1 Å². The summed E-state index contributed by atoms with van der Waals surface area (Å²) in [5.74, 6) is 0.288. The Balaban J connectivity index is 1.63. The third-order valence-corrected chi connectivity index (χ3v) is 8.23. The molecule has 2 aromatic heterocycles. The van der Waals surface area contributed by atoms with E-state index in [0.29, 0.717) is 55.1 Å². The Kier molecular flexibility index (Phi) is 7.70. The number of aryl methyl sites for hydroxylation is 1. The molecule has 0 atom stereocenters. The van der Waals surface area contributed by atoms with Crippen LogP contribution >= 0.6 is 11.6 Å². The molecule has 0 aliphatic carbocycles. The zero-order valence-corrected chi connectivity index (χ0v) is 23.8. The zero-order chi connectivity index (χ0) is 28.7. The third kappa shape index (κ3) is 4.77. The lowest BCUT2D eigenvalue weighted by Gasteiger charge is -2.45. The van der Waals surface area contributed by atoms with Crippen LogP contribution in [-0.4, -0.2) is 88.6 Å². The molecule has 2 N–H and O–H groups in total. The average Bonchev–Trinajstić information content (AvgIpc) is 2.93. The van der Waals surface area contributed by atoms with Gasteiger partial charge in [0.25, 0.3) is 5.56 Å². The maximum atomic E-state index is 15.0. The molecule has 10 nitrogen and oxygen atoms in total. The minimum absolute atomic E-state index is 0.0199. The summed E-state index contributed by atoms with van der Waals surface area (Å²) in [4.78, 5) is 44.1. The summed E-state index contributed by atoms with van der Waals surface area (Å²) in [5.41, 5.74) is 6.16. The molecule has 0 unspecified atom stereocenters. The molecule has 3 aromatic rings. The molecule has 2 saturated heterocycles. The van der Waals surface area contributed by atoms with Crippen LogP contribution in [0.4, 0.5) is 21.8 Å². The van der Waals surface area contributed by atoms with E-state index in [1.54, 1.807) is 17.9 Å². The first-order valence-corrected chi connectivity index (χ1v) is 13.9. The molecule has 1 amide bonds. The predicted octanol–water partition coefficient (Wildman–Crippen LogP) is 2.83. The van der Waals surface area contributed by atoms with Gasteiger partial charge in [-0.3, -0.25) is 19.1 Å². The smallest absolute Gasteiger partial charge is 0.282 e. The van der Waals surface area contributed by atoms with Crippen LogP contribution in [0.3, 0.4) is 0 Å². The number of nitrogen functional groups attached to an aromatic ring is 1. The van der Waals surface area contributed by atoms with Crippen molar-refractivity contribution in [3.05, 3.63) is 57.7 Å². The van der Waals surface area contributed by atoms with Crippen molar-refractivity contribution in [2.75, 3.05) is 67.9 Å². The van der Waals surface area contributed by atoms with Gasteiger partial charge in [-0.15, -0.1) is 0 Å². The lowest BCUT2D eigenvalue weighted by atomic mass is 10.1. The monoisotopic (exact) mass is 568 g/mol. The number of amides is 1. The number of benzene rings is 1. The molecular weight excluding hydrogens is 535 g/mol. The Hall–Kier alpha value is -3.70. The number of nitrogens with zero attached hydrogens (tertiary/aromatic N) is 7. The van der Waals surface area contributed by atoms with Crippen LogP contribution in [0.15, 0.2) is 35.6 Å². The normalized spacial score (nSPS) is 16.1. The number of fused-ring (bicyclic) bond motifs is 1. The molecule has 0 radical (unpaired) electrons. The van der Waals surface area contributed by atoms with Gasteiger partial charge in [0.2, 0.25) is 11.9 Å². The minimum atomic E-state index is -0.659. The first kappa shape index (κ1) is 27.9. The molecule has 212 valence electrons. The molecule has 4 heterocycles. The second kappa shape index (κ2) is 11.1. The second-order valence-corrected chi connectivity index (χ2v) is 10.5. The number of likely N-dealkylation sites (N-methyl/N-ethyl adjacent to an activating group) is 1. The van der Waals surface area contributed by atoms with Crippen LogP contribution in [0.25, 0.3) is 16.6 Å². The van der Waals surface area contributed by atoms with E-state index in [9.17, 15) is 9.59 Å². The van der Waals surface area contributed by atoms with E-state index in [1.165, 1.54) is 22.8 Å². The van der Waals surface area contributed by atoms with Crippen molar-refractivity contribution >= 4 is 45.9 Å². The van der Waals surface area contributed by atoms with Gasteiger partial charge in [0.1, 0.15) is 22.8 Å². The van der Waals surface area contributed by atoms with Gasteiger partial charge in [-0.2, -0.15) is 4.98 Å². The predicted molar refractivity (Wildman–Crippen MR) is 157 cm³/mol. The van der Waals surface area contributed by atoms with Gasteiger partial charge >= 0.3 is 0 Å². The molecule has 2 aliphatic heterocycles. The number of anilines is 3. The Bertz CT molecular complexity index is 1530. The highest BCUT2D eigenvalue weighted by Crippen LogP contribution is 2.32. The van der Waals surface area contributed by atoms with E-state index in [2.05, 4.69) is 35.1 Å². The largest absolute Gasteiger partial charge is 0.396 e. The number of rotatable bonds is 7. The maximum absolute atomic E-state index is 15.0. The van der Waals surface area contributed by atoms with E-state index < -0.39 is 11.4 Å². The number of halogens is 2. The lowest BCUT2D eigenvalue weighted by Crippen LogP contribution is -2.60. The molecule has 0 bridgehead atoms. The number of carbonyl (C=O) groups excluding carboxylic acids is 1. The van der Waals surface area contributed by atoms with Crippen molar-refractivity contribution in [3.8, 4) is 5.69 Å². The number of piperazine rings is 1. The summed E-state index contributed by atoms with van der Waals surface area (Å²) < 4.78 is 16.3. The maximum Gasteiger partial charge on any atom is 0.282 e. The van der Waals surface area contributed by atoms with Crippen molar-refractivity contribution in [1.82, 2.24) is 24.3 Å². The Morgan fingerprint density at radius 3 is 2.48 bits per heavy atom.